The topological polar surface area (TPSA) is 80.0 Å². The van der Waals surface area contributed by atoms with Gasteiger partial charge in [-0.25, -0.2) is 0 Å². The van der Waals surface area contributed by atoms with E-state index < -0.39 is 23.5 Å². The minimum absolute atomic E-state index is 0.0406. The number of nitrogens with zero attached hydrogens (tertiary/aromatic N) is 1. The number of aliphatic hydroxyl groups excluding tert-OH is 1. The van der Waals surface area contributed by atoms with Gasteiger partial charge in [0.25, 0.3) is 5.91 Å². The highest BCUT2D eigenvalue weighted by atomic mass is 16.5. The summed E-state index contributed by atoms with van der Waals surface area (Å²) >= 11 is 0. The third-order valence-corrected chi connectivity index (χ3v) is 4.42. The lowest BCUT2D eigenvalue weighted by Crippen LogP contribution is -2.30. The van der Waals surface area contributed by atoms with Crippen molar-refractivity contribution in [2.45, 2.75) is 32.9 Å². The molecule has 0 fully saturated rings. The van der Waals surface area contributed by atoms with E-state index in [1.165, 1.54) is 23.3 Å². The number of rotatable bonds is 7. The van der Waals surface area contributed by atoms with Crippen molar-refractivity contribution >= 4 is 17.8 Å². The summed E-state index contributed by atoms with van der Waals surface area (Å²) in [5.41, 5.74) is 0.789. The number of carbonyl (C=O) groups is 2. The minimum atomic E-state index is -0.653. The molecule has 6 nitrogen and oxygen atoms in total. The molecule has 6 heteroatoms. The van der Waals surface area contributed by atoms with Crippen molar-refractivity contribution in [1.29, 1.82) is 0 Å². The minimum Gasteiger partial charge on any atom is -0.503 e. The van der Waals surface area contributed by atoms with Crippen LogP contribution in [0, 0.1) is 0 Å². The second-order valence-electron chi connectivity index (χ2n) is 6.70. The predicted molar refractivity (Wildman–Crippen MR) is 105 cm³/mol. The van der Waals surface area contributed by atoms with Crippen molar-refractivity contribution in [3.8, 4) is 5.75 Å². The van der Waals surface area contributed by atoms with Crippen LogP contribution in [0.15, 0.2) is 64.5 Å². The van der Waals surface area contributed by atoms with Gasteiger partial charge >= 0.3 is 0 Å². The van der Waals surface area contributed by atoms with E-state index in [1.54, 1.807) is 43.3 Å². The Bertz CT molecular complexity index is 907. The number of hydrogen-bond donors (Lipinski definition) is 1. The highest BCUT2D eigenvalue weighted by Gasteiger charge is 2.42. The summed E-state index contributed by atoms with van der Waals surface area (Å²) in [5, 5.41) is 10.4. The molecule has 0 aliphatic carbocycles. The Morgan fingerprint density at radius 1 is 1.29 bits per heavy atom. The molecule has 1 amide bonds. The van der Waals surface area contributed by atoms with Crippen LogP contribution in [0.1, 0.15) is 38.1 Å². The molecular weight excluding hydrogens is 358 g/mol. The van der Waals surface area contributed by atoms with E-state index in [1.807, 2.05) is 13.8 Å². The van der Waals surface area contributed by atoms with Gasteiger partial charge in [-0.1, -0.05) is 12.1 Å². The van der Waals surface area contributed by atoms with E-state index >= 15 is 0 Å². The first-order valence-electron chi connectivity index (χ1n) is 9.19. The maximum Gasteiger partial charge on any atom is 0.290 e. The van der Waals surface area contributed by atoms with Gasteiger partial charge in [-0.2, -0.15) is 0 Å². The molecule has 1 aliphatic heterocycles. The lowest BCUT2D eigenvalue weighted by Gasteiger charge is -2.25. The number of carbonyl (C=O) groups excluding carboxylic acids is 2. The van der Waals surface area contributed by atoms with Crippen LogP contribution in [0.5, 0.6) is 5.75 Å². The maximum atomic E-state index is 12.8. The third kappa shape index (κ3) is 3.86. The van der Waals surface area contributed by atoms with Gasteiger partial charge in [0.15, 0.2) is 11.5 Å². The number of ketones is 1. The number of furan rings is 1. The monoisotopic (exact) mass is 381 g/mol. The average Bonchev–Trinajstić information content (AvgIpc) is 3.27. The molecule has 1 aromatic heterocycles. The van der Waals surface area contributed by atoms with E-state index in [0.29, 0.717) is 18.1 Å². The van der Waals surface area contributed by atoms with Crippen molar-refractivity contribution in [3.63, 3.8) is 0 Å². The first-order chi connectivity index (χ1) is 13.4. The van der Waals surface area contributed by atoms with Gasteiger partial charge in [0, 0.05) is 6.54 Å². The third-order valence-electron chi connectivity index (χ3n) is 4.42. The highest BCUT2D eigenvalue weighted by Crippen LogP contribution is 2.38. The number of allylic oxidation sites excluding steroid dienone is 1. The Kier molecular flexibility index (Phi) is 5.68. The average molecular weight is 381 g/mol. The Labute approximate surface area is 163 Å². The van der Waals surface area contributed by atoms with Crippen molar-refractivity contribution < 1.29 is 23.8 Å². The molecule has 2 heterocycles. The molecule has 1 aliphatic rings. The summed E-state index contributed by atoms with van der Waals surface area (Å²) in [4.78, 5) is 26.8. The Hall–Kier alpha value is -3.28. The molecule has 1 unspecified atom stereocenters. The quantitative estimate of drug-likeness (QED) is 0.732. The highest BCUT2D eigenvalue weighted by molar-refractivity contribution is 6.14. The standard InChI is InChI=1S/C22H23NO5/c1-4-23-20(15-7-9-17(10-8-15)28-14(2)3)19(21(25)22(23)26)18(24)12-11-16-6-5-13-27-16/h5-14,20,25H,4H2,1-3H3/b12-11+. The Morgan fingerprint density at radius 3 is 2.57 bits per heavy atom. The Balaban J connectivity index is 1.93. The molecule has 0 saturated heterocycles. The second-order valence-corrected chi connectivity index (χ2v) is 6.70. The summed E-state index contributed by atoms with van der Waals surface area (Å²) < 4.78 is 10.8. The Morgan fingerprint density at radius 2 is 2.00 bits per heavy atom. The normalized spacial score (nSPS) is 17.2. The van der Waals surface area contributed by atoms with E-state index in [4.69, 9.17) is 9.15 Å². The zero-order chi connectivity index (χ0) is 20.3. The molecule has 1 aromatic carbocycles. The summed E-state index contributed by atoms with van der Waals surface area (Å²) in [6, 6.07) is 9.97. The first-order valence-corrected chi connectivity index (χ1v) is 9.19. The lowest BCUT2D eigenvalue weighted by atomic mass is 9.95. The maximum absolute atomic E-state index is 12.8. The van der Waals surface area contributed by atoms with Crippen LogP contribution in [-0.4, -0.2) is 34.3 Å². The molecule has 146 valence electrons. The molecule has 1 atom stereocenters. The van der Waals surface area contributed by atoms with Gasteiger partial charge in [0.1, 0.15) is 11.5 Å². The van der Waals surface area contributed by atoms with E-state index in [2.05, 4.69) is 0 Å². The largest absolute Gasteiger partial charge is 0.503 e. The fraction of sp³-hybridized carbons (Fsp3) is 0.273. The number of aliphatic hydroxyl groups is 1. The van der Waals surface area contributed by atoms with Gasteiger partial charge in [-0.3, -0.25) is 9.59 Å². The SMILES string of the molecule is CCN1C(=O)C(O)=C(C(=O)/C=C/c2ccco2)C1c1ccc(OC(C)C)cc1. The van der Waals surface area contributed by atoms with Gasteiger partial charge in [0.2, 0.25) is 0 Å². The molecule has 1 N–H and O–H groups in total. The summed E-state index contributed by atoms with van der Waals surface area (Å²) in [5.74, 6) is -0.291. The second kappa shape index (κ2) is 8.17. The predicted octanol–water partition coefficient (Wildman–Crippen LogP) is 4.06. The van der Waals surface area contributed by atoms with Crippen LogP contribution in [0.25, 0.3) is 6.08 Å². The zero-order valence-corrected chi connectivity index (χ0v) is 16.1. The fourth-order valence-electron chi connectivity index (χ4n) is 3.21. The van der Waals surface area contributed by atoms with Gasteiger partial charge in [0.05, 0.1) is 24.0 Å². The van der Waals surface area contributed by atoms with Crippen molar-refractivity contribution in [3.05, 3.63) is 71.4 Å². The molecule has 0 spiro atoms. The fourth-order valence-corrected chi connectivity index (χ4v) is 3.21. The first kappa shape index (κ1) is 19.5. The summed E-state index contributed by atoms with van der Waals surface area (Å²) in [7, 11) is 0. The number of benzene rings is 1. The summed E-state index contributed by atoms with van der Waals surface area (Å²) in [6.45, 7) is 6.04. The molecule has 2 aromatic rings. The van der Waals surface area contributed by atoms with Crippen molar-refractivity contribution in [2.24, 2.45) is 0 Å². The molecule has 0 bridgehead atoms. The van der Waals surface area contributed by atoms with Crippen LogP contribution in [0.3, 0.4) is 0 Å². The molecular formula is C22H23NO5. The number of hydrogen-bond acceptors (Lipinski definition) is 5. The molecule has 3 rings (SSSR count). The van der Waals surface area contributed by atoms with Crippen LogP contribution >= 0.6 is 0 Å². The van der Waals surface area contributed by atoms with Crippen LogP contribution in [-0.2, 0) is 9.59 Å². The van der Waals surface area contributed by atoms with E-state index in [0.717, 1.165) is 5.56 Å². The molecule has 0 radical (unpaired) electrons. The molecule has 28 heavy (non-hydrogen) atoms. The van der Waals surface area contributed by atoms with Crippen LogP contribution in [0.4, 0.5) is 0 Å². The van der Waals surface area contributed by atoms with Gasteiger partial charge in [-0.15, -0.1) is 0 Å². The lowest BCUT2D eigenvalue weighted by molar-refractivity contribution is -0.129. The number of amides is 1. The smallest absolute Gasteiger partial charge is 0.290 e. The van der Waals surface area contributed by atoms with E-state index in [9.17, 15) is 14.7 Å². The van der Waals surface area contributed by atoms with E-state index in [-0.39, 0.29) is 11.7 Å². The van der Waals surface area contributed by atoms with Crippen LogP contribution in [0.2, 0.25) is 0 Å². The zero-order valence-electron chi connectivity index (χ0n) is 16.1. The van der Waals surface area contributed by atoms with Crippen LogP contribution < -0.4 is 4.74 Å². The van der Waals surface area contributed by atoms with Gasteiger partial charge in [-0.05, 0) is 62.8 Å². The summed E-state index contributed by atoms with van der Waals surface area (Å²) in [6.07, 6.45) is 4.36. The van der Waals surface area contributed by atoms with Gasteiger partial charge < -0.3 is 19.2 Å². The number of likely N-dealkylation sites (N-methyl/N-ethyl adjacent to an activating group) is 1. The van der Waals surface area contributed by atoms with Crippen molar-refractivity contribution in [1.82, 2.24) is 4.90 Å². The van der Waals surface area contributed by atoms with Crippen molar-refractivity contribution in [2.75, 3.05) is 6.54 Å². The molecule has 0 saturated carbocycles. The number of ether oxygens (including phenoxy) is 1.